The first-order valence-electron chi connectivity index (χ1n) is 8.40. The van der Waals surface area contributed by atoms with E-state index in [2.05, 4.69) is 9.98 Å². The number of nitrogens with one attached hydrogen (secondary N) is 1. The van der Waals surface area contributed by atoms with Crippen LogP contribution in [0, 0.1) is 0 Å². The molecule has 0 aliphatic carbocycles. The molecule has 0 spiro atoms. The summed E-state index contributed by atoms with van der Waals surface area (Å²) in [5.74, 6) is -0.0612. The summed E-state index contributed by atoms with van der Waals surface area (Å²) in [6.45, 7) is 1.47. The molecule has 2 heterocycles. The number of alkyl halides is 3. The fraction of sp³-hybridized carbons (Fsp3) is 0.143. The Balaban J connectivity index is 1.91. The van der Waals surface area contributed by atoms with Gasteiger partial charge in [-0.25, -0.2) is 0 Å². The molecule has 3 nitrogen and oxygen atoms in total. The number of nitrogens with zero attached hydrogens (tertiary/aromatic N) is 1. The predicted octanol–water partition coefficient (Wildman–Crippen LogP) is 5.71. The molecular weight excluding hydrogens is 353 g/mol. The molecule has 1 aliphatic heterocycles. The number of fused-ring (bicyclic) bond motifs is 5. The first kappa shape index (κ1) is 17.3. The van der Waals surface area contributed by atoms with Gasteiger partial charge in [0.2, 0.25) is 0 Å². The number of benzene rings is 2. The summed E-state index contributed by atoms with van der Waals surface area (Å²) >= 11 is 0. The molecule has 1 aliphatic rings. The fourth-order valence-electron chi connectivity index (χ4n) is 3.28. The third-order valence-electron chi connectivity index (χ3n) is 4.56. The average molecular weight is 368 g/mol. The Hall–Kier alpha value is -3.15. The number of carbonyl (C=O) groups excluding carboxylic acids is 1. The highest BCUT2D eigenvalue weighted by Crippen LogP contribution is 2.40. The highest BCUT2D eigenvalue weighted by molar-refractivity contribution is 5.98. The Morgan fingerprint density at radius 1 is 1.19 bits per heavy atom. The van der Waals surface area contributed by atoms with E-state index in [1.807, 2.05) is 18.2 Å². The minimum absolute atomic E-state index is 0.0612. The number of aliphatic imine (C=N–C) groups is 1. The lowest BCUT2D eigenvalue weighted by molar-refractivity contribution is -0.137. The highest BCUT2D eigenvalue weighted by atomic mass is 19.4. The Bertz CT molecular complexity index is 1120. The van der Waals surface area contributed by atoms with Crippen LogP contribution >= 0.6 is 0 Å². The van der Waals surface area contributed by atoms with Gasteiger partial charge in [0.15, 0.2) is 5.78 Å². The van der Waals surface area contributed by atoms with Gasteiger partial charge in [0.05, 0.1) is 16.9 Å². The standard InChI is InChI=1S/C21H15F3N2O/c1-12(27)2-3-13-4-6-18-17(10-13)20-15(8-9-25-18)16-11-14(21(22,23)24)5-7-19(16)26-20/h2-7,9-11,26H,8H2,1H3/b3-2+. The van der Waals surface area contributed by atoms with Crippen LogP contribution in [0.25, 0.3) is 28.2 Å². The van der Waals surface area contributed by atoms with Gasteiger partial charge >= 0.3 is 6.18 Å². The van der Waals surface area contributed by atoms with Gasteiger partial charge < -0.3 is 4.98 Å². The van der Waals surface area contributed by atoms with Crippen molar-refractivity contribution >= 4 is 34.7 Å². The van der Waals surface area contributed by atoms with Gasteiger partial charge in [-0.3, -0.25) is 9.79 Å². The van der Waals surface area contributed by atoms with E-state index in [0.717, 1.165) is 34.1 Å². The summed E-state index contributed by atoms with van der Waals surface area (Å²) in [5.41, 5.74) is 3.88. The van der Waals surface area contributed by atoms with Crippen LogP contribution in [0.2, 0.25) is 0 Å². The van der Waals surface area contributed by atoms with E-state index in [1.165, 1.54) is 25.1 Å². The minimum atomic E-state index is -4.39. The zero-order valence-corrected chi connectivity index (χ0v) is 14.4. The minimum Gasteiger partial charge on any atom is -0.354 e. The topological polar surface area (TPSA) is 45.2 Å². The zero-order chi connectivity index (χ0) is 19.2. The number of H-pyrrole nitrogens is 1. The average Bonchev–Trinajstić information content (AvgIpc) is 2.88. The van der Waals surface area contributed by atoms with Crippen molar-refractivity contribution < 1.29 is 18.0 Å². The summed E-state index contributed by atoms with van der Waals surface area (Å²) in [6.07, 6.45) is 0.942. The van der Waals surface area contributed by atoms with Crippen LogP contribution in [0.1, 0.15) is 23.6 Å². The van der Waals surface area contributed by atoms with Crippen LogP contribution in [-0.4, -0.2) is 17.0 Å². The molecule has 1 N–H and O–H groups in total. The van der Waals surface area contributed by atoms with E-state index in [1.54, 1.807) is 12.3 Å². The molecule has 2 aromatic carbocycles. The second-order valence-electron chi connectivity index (χ2n) is 6.47. The summed E-state index contributed by atoms with van der Waals surface area (Å²) in [4.78, 5) is 18.9. The molecule has 1 aromatic heterocycles. The predicted molar refractivity (Wildman–Crippen MR) is 100 cm³/mol. The molecular formula is C21H15F3N2O. The van der Waals surface area contributed by atoms with Gasteiger partial charge in [-0.2, -0.15) is 13.2 Å². The van der Waals surface area contributed by atoms with Crippen LogP contribution in [0.15, 0.2) is 47.5 Å². The van der Waals surface area contributed by atoms with Gasteiger partial charge in [-0.05, 0) is 54.5 Å². The van der Waals surface area contributed by atoms with Gasteiger partial charge in [0.1, 0.15) is 0 Å². The van der Waals surface area contributed by atoms with Gasteiger partial charge in [-0.15, -0.1) is 0 Å². The maximum atomic E-state index is 13.1. The number of hydrogen-bond donors (Lipinski definition) is 1. The van der Waals surface area contributed by atoms with Crippen molar-refractivity contribution in [2.45, 2.75) is 19.5 Å². The number of rotatable bonds is 2. The number of aromatic nitrogens is 1. The molecule has 0 unspecified atom stereocenters. The molecule has 27 heavy (non-hydrogen) atoms. The first-order valence-corrected chi connectivity index (χ1v) is 8.40. The summed E-state index contributed by atoms with van der Waals surface area (Å²) in [7, 11) is 0. The van der Waals surface area contributed by atoms with Crippen LogP contribution in [0.3, 0.4) is 0 Å². The fourth-order valence-corrected chi connectivity index (χ4v) is 3.28. The van der Waals surface area contributed by atoms with E-state index >= 15 is 0 Å². The normalized spacial score (nSPS) is 13.6. The van der Waals surface area contributed by atoms with Crippen molar-refractivity contribution in [2.75, 3.05) is 0 Å². The van der Waals surface area contributed by atoms with Crippen LogP contribution in [0.4, 0.5) is 18.9 Å². The second kappa shape index (κ2) is 6.23. The van der Waals surface area contributed by atoms with Gasteiger partial charge in [-0.1, -0.05) is 12.1 Å². The van der Waals surface area contributed by atoms with E-state index < -0.39 is 11.7 Å². The van der Waals surface area contributed by atoms with E-state index in [4.69, 9.17) is 0 Å². The van der Waals surface area contributed by atoms with Crippen molar-refractivity contribution in [1.29, 1.82) is 0 Å². The molecule has 4 rings (SSSR count). The van der Waals surface area contributed by atoms with E-state index in [9.17, 15) is 18.0 Å². The molecule has 0 atom stereocenters. The SMILES string of the molecule is CC(=O)/C=C/c1ccc2c(c1)-c1[nH]c3ccc(C(F)(F)F)cc3c1CC=N2. The monoisotopic (exact) mass is 368 g/mol. The number of hydrogen-bond acceptors (Lipinski definition) is 2. The lowest BCUT2D eigenvalue weighted by Crippen LogP contribution is -2.04. The summed E-state index contributed by atoms with van der Waals surface area (Å²) in [6, 6.07) is 9.31. The summed E-state index contributed by atoms with van der Waals surface area (Å²) < 4.78 is 39.3. The number of ketones is 1. The largest absolute Gasteiger partial charge is 0.416 e. The van der Waals surface area contributed by atoms with Gasteiger partial charge in [0, 0.05) is 29.1 Å². The molecule has 0 fully saturated rings. The molecule has 0 saturated carbocycles. The van der Waals surface area contributed by atoms with E-state index in [-0.39, 0.29) is 5.78 Å². The quantitative estimate of drug-likeness (QED) is 0.578. The molecule has 0 amide bonds. The second-order valence-corrected chi connectivity index (χ2v) is 6.47. The molecule has 6 heteroatoms. The lowest BCUT2D eigenvalue weighted by Gasteiger charge is -2.07. The van der Waals surface area contributed by atoms with Crippen molar-refractivity contribution in [3.8, 4) is 11.3 Å². The van der Waals surface area contributed by atoms with Crippen LogP contribution in [0.5, 0.6) is 0 Å². The van der Waals surface area contributed by atoms with E-state index in [0.29, 0.717) is 17.3 Å². The summed E-state index contributed by atoms with van der Waals surface area (Å²) in [5, 5.41) is 0.545. The van der Waals surface area contributed by atoms with Gasteiger partial charge in [0.25, 0.3) is 0 Å². The third-order valence-corrected chi connectivity index (χ3v) is 4.56. The molecule has 136 valence electrons. The molecule has 3 aromatic rings. The van der Waals surface area contributed by atoms with Crippen LogP contribution < -0.4 is 0 Å². The molecule has 0 bridgehead atoms. The van der Waals surface area contributed by atoms with Crippen molar-refractivity contribution in [2.24, 2.45) is 4.99 Å². The molecule has 0 saturated heterocycles. The lowest BCUT2D eigenvalue weighted by atomic mass is 10.00. The maximum absolute atomic E-state index is 13.1. The van der Waals surface area contributed by atoms with Crippen molar-refractivity contribution in [1.82, 2.24) is 4.98 Å². The molecule has 0 radical (unpaired) electrons. The number of aromatic amines is 1. The Labute approximate surface area is 153 Å². The first-order chi connectivity index (χ1) is 12.8. The Kier molecular flexibility index (Phi) is 3.98. The third kappa shape index (κ3) is 3.18. The number of halogens is 3. The van der Waals surface area contributed by atoms with Crippen molar-refractivity contribution in [3.05, 3.63) is 59.2 Å². The number of carbonyl (C=O) groups is 1. The highest BCUT2D eigenvalue weighted by Gasteiger charge is 2.31. The Morgan fingerprint density at radius 3 is 2.74 bits per heavy atom. The maximum Gasteiger partial charge on any atom is 0.416 e. The smallest absolute Gasteiger partial charge is 0.354 e. The van der Waals surface area contributed by atoms with Crippen molar-refractivity contribution in [3.63, 3.8) is 0 Å². The Morgan fingerprint density at radius 2 is 2.00 bits per heavy atom. The van der Waals surface area contributed by atoms with Crippen LogP contribution in [-0.2, 0) is 17.4 Å². The number of allylic oxidation sites excluding steroid dienone is 1. The zero-order valence-electron chi connectivity index (χ0n) is 14.4.